The lowest BCUT2D eigenvalue weighted by Crippen LogP contribution is -2.41. The summed E-state index contributed by atoms with van der Waals surface area (Å²) in [6.07, 6.45) is 4.89. The van der Waals surface area contributed by atoms with E-state index >= 15 is 0 Å². The molecule has 1 aromatic rings. The van der Waals surface area contributed by atoms with Crippen molar-refractivity contribution in [1.29, 1.82) is 0 Å². The van der Waals surface area contributed by atoms with Gasteiger partial charge in [-0.3, -0.25) is 10.4 Å². The number of aromatic nitrogens is 1. The minimum Gasteiger partial charge on any atom is -0.272 e. The van der Waals surface area contributed by atoms with Gasteiger partial charge in [0.2, 0.25) is 0 Å². The molecule has 1 rings (SSSR count). The molecular formula is C9H13N5O. The number of rotatable bonds is 3. The van der Waals surface area contributed by atoms with Crippen LogP contribution >= 0.6 is 0 Å². The zero-order valence-corrected chi connectivity index (χ0v) is 8.64. The first-order chi connectivity index (χ1) is 7.24. The predicted molar refractivity (Wildman–Crippen MR) is 57.2 cm³/mol. The standard InChI is InChI=1S/C9H13N5O/c1-10-13-9(15)14(2)12-7-8-4-3-5-11-6-8/h3-7,10H,1-2H3,(H,13,15)/b12-7+. The summed E-state index contributed by atoms with van der Waals surface area (Å²) in [6, 6.07) is 3.31. The van der Waals surface area contributed by atoms with E-state index in [1.165, 1.54) is 5.01 Å². The van der Waals surface area contributed by atoms with Gasteiger partial charge in [-0.05, 0) is 6.07 Å². The molecule has 0 atom stereocenters. The molecule has 0 aliphatic carbocycles. The second kappa shape index (κ2) is 5.71. The molecule has 0 fully saturated rings. The molecule has 80 valence electrons. The van der Waals surface area contributed by atoms with E-state index in [1.54, 1.807) is 38.8 Å². The highest BCUT2D eigenvalue weighted by Gasteiger charge is 2.02. The van der Waals surface area contributed by atoms with Crippen molar-refractivity contribution in [3.63, 3.8) is 0 Å². The lowest BCUT2D eigenvalue weighted by atomic mass is 10.3. The summed E-state index contributed by atoms with van der Waals surface area (Å²) in [4.78, 5) is 15.1. The van der Waals surface area contributed by atoms with E-state index in [0.29, 0.717) is 0 Å². The van der Waals surface area contributed by atoms with E-state index in [2.05, 4.69) is 20.9 Å². The van der Waals surface area contributed by atoms with Crippen LogP contribution in [0, 0.1) is 0 Å². The Hall–Kier alpha value is -1.95. The number of nitrogens with one attached hydrogen (secondary N) is 2. The van der Waals surface area contributed by atoms with Crippen molar-refractivity contribution in [3.05, 3.63) is 30.1 Å². The number of pyridine rings is 1. The second-order valence-electron chi connectivity index (χ2n) is 2.73. The molecule has 6 nitrogen and oxygen atoms in total. The summed E-state index contributed by atoms with van der Waals surface area (Å²) < 4.78 is 0. The van der Waals surface area contributed by atoms with Crippen LogP contribution in [0.4, 0.5) is 4.79 Å². The summed E-state index contributed by atoms with van der Waals surface area (Å²) >= 11 is 0. The summed E-state index contributed by atoms with van der Waals surface area (Å²) in [5.41, 5.74) is 5.74. The Morgan fingerprint density at radius 3 is 3.07 bits per heavy atom. The predicted octanol–water partition coefficient (Wildman–Crippen LogP) is 0.191. The Balaban J connectivity index is 2.54. The normalized spacial score (nSPS) is 10.3. The third-order valence-electron chi connectivity index (χ3n) is 1.59. The molecule has 1 heterocycles. The Kier molecular flexibility index (Phi) is 4.24. The van der Waals surface area contributed by atoms with Crippen molar-refractivity contribution in [3.8, 4) is 0 Å². The first kappa shape index (κ1) is 11.1. The highest BCUT2D eigenvalue weighted by Crippen LogP contribution is 1.92. The van der Waals surface area contributed by atoms with Crippen LogP contribution in [0.3, 0.4) is 0 Å². The number of amides is 2. The number of hydrazone groups is 1. The van der Waals surface area contributed by atoms with Crippen LogP contribution in [0.2, 0.25) is 0 Å². The molecule has 0 unspecified atom stereocenters. The van der Waals surface area contributed by atoms with Gasteiger partial charge in [-0.15, -0.1) is 0 Å². The van der Waals surface area contributed by atoms with Gasteiger partial charge < -0.3 is 0 Å². The van der Waals surface area contributed by atoms with Gasteiger partial charge in [0.25, 0.3) is 0 Å². The molecule has 6 heteroatoms. The van der Waals surface area contributed by atoms with Gasteiger partial charge in [0, 0.05) is 32.1 Å². The minimum atomic E-state index is -0.336. The monoisotopic (exact) mass is 207 g/mol. The number of nitrogens with zero attached hydrogens (tertiary/aromatic N) is 3. The molecular weight excluding hydrogens is 194 g/mol. The van der Waals surface area contributed by atoms with Crippen LogP contribution in [0.1, 0.15) is 5.56 Å². The number of hydrazine groups is 1. The largest absolute Gasteiger partial charge is 0.351 e. The second-order valence-corrected chi connectivity index (χ2v) is 2.73. The number of carbonyl (C=O) groups is 1. The fourth-order valence-corrected chi connectivity index (χ4v) is 0.846. The van der Waals surface area contributed by atoms with Crippen molar-refractivity contribution in [2.24, 2.45) is 5.10 Å². The quantitative estimate of drug-likeness (QED) is 0.549. The third-order valence-corrected chi connectivity index (χ3v) is 1.59. The van der Waals surface area contributed by atoms with E-state index in [0.717, 1.165) is 5.56 Å². The van der Waals surface area contributed by atoms with E-state index in [4.69, 9.17) is 0 Å². The maximum absolute atomic E-state index is 11.2. The summed E-state index contributed by atoms with van der Waals surface area (Å²) in [5, 5.41) is 5.11. The molecule has 0 saturated heterocycles. The SMILES string of the molecule is CNNC(=O)N(C)/N=C/c1cccnc1. The highest BCUT2D eigenvalue weighted by molar-refractivity contribution is 5.81. The smallest absolute Gasteiger partial charge is 0.272 e. The van der Waals surface area contributed by atoms with Crippen LogP contribution < -0.4 is 10.9 Å². The zero-order chi connectivity index (χ0) is 11.1. The molecule has 0 aliphatic heterocycles. The lowest BCUT2D eigenvalue weighted by molar-refractivity contribution is 0.207. The van der Waals surface area contributed by atoms with Gasteiger partial charge in [0.05, 0.1) is 6.21 Å². The molecule has 2 amide bonds. The van der Waals surface area contributed by atoms with E-state index in [-0.39, 0.29) is 6.03 Å². The molecule has 15 heavy (non-hydrogen) atoms. The lowest BCUT2D eigenvalue weighted by Gasteiger charge is -2.10. The first-order valence-electron chi connectivity index (χ1n) is 4.38. The molecule has 0 bridgehead atoms. The fourth-order valence-electron chi connectivity index (χ4n) is 0.846. The molecule has 1 aromatic heterocycles. The molecule has 0 aromatic carbocycles. The van der Waals surface area contributed by atoms with Gasteiger partial charge in [0.15, 0.2) is 0 Å². The number of carbonyl (C=O) groups excluding carboxylic acids is 1. The first-order valence-corrected chi connectivity index (χ1v) is 4.38. The summed E-state index contributed by atoms with van der Waals surface area (Å²) in [5.74, 6) is 0. The Bertz CT molecular complexity index is 338. The van der Waals surface area contributed by atoms with Crippen molar-refractivity contribution >= 4 is 12.2 Å². The van der Waals surface area contributed by atoms with Crippen LogP contribution in [0.5, 0.6) is 0 Å². The van der Waals surface area contributed by atoms with Gasteiger partial charge in [-0.2, -0.15) is 5.10 Å². The molecule has 2 N–H and O–H groups in total. The van der Waals surface area contributed by atoms with E-state index in [9.17, 15) is 4.79 Å². The molecule has 0 saturated carbocycles. The van der Waals surface area contributed by atoms with Crippen LogP contribution in [0.25, 0.3) is 0 Å². The Morgan fingerprint density at radius 1 is 1.67 bits per heavy atom. The topological polar surface area (TPSA) is 69.6 Å². The fraction of sp³-hybridized carbons (Fsp3) is 0.222. The Morgan fingerprint density at radius 2 is 2.47 bits per heavy atom. The third kappa shape index (κ3) is 3.74. The highest BCUT2D eigenvalue weighted by atomic mass is 16.2. The molecule has 0 aliphatic rings. The maximum atomic E-state index is 11.2. The summed E-state index contributed by atoms with van der Waals surface area (Å²) in [7, 11) is 3.16. The van der Waals surface area contributed by atoms with Gasteiger partial charge in [-0.25, -0.2) is 15.2 Å². The van der Waals surface area contributed by atoms with Crippen LogP contribution in [-0.4, -0.2) is 36.3 Å². The van der Waals surface area contributed by atoms with E-state index in [1.807, 2.05) is 6.07 Å². The molecule has 0 radical (unpaired) electrons. The van der Waals surface area contributed by atoms with Crippen molar-refractivity contribution < 1.29 is 4.79 Å². The number of hydrogen-bond acceptors (Lipinski definition) is 4. The van der Waals surface area contributed by atoms with Crippen molar-refractivity contribution in [1.82, 2.24) is 20.8 Å². The van der Waals surface area contributed by atoms with E-state index < -0.39 is 0 Å². The molecule has 0 spiro atoms. The van der Waals surface area contributed by atoms with Gasteiger partial charge in [0.1, 0.15) is 0 Å². The number of hydrogen-bond donors (Lipinski definition) is 2. The van der Waals surface area contributed by atoms with Crippen molar-refractivity contribution in [2.75, 3.05) is 14.1 Å². The van der Waals surface area contributed by atoms with Crippen molar-refractivity contribution in [2.45, 2.75) is 0 Å². The maximum Gasteiger partial charge on any atom is 0.351 e. The summed E-state index contributed by atoms with van der Waals surface area (Å²) in [6.45, 7) is 0. The van der Waals surface area contributed by atoms with Crippen LogP contribution in [-0.2, 0) is 0 Å². The van der Waals surface area contributed by atoms with Gasteiger partial charge >= 0.3 is 6.03 Å². The van der Waals surface area contributed by atoms with Gasteiger partial charge in [-0.1, -0.05) is 6.07 Å². The Labute approximate surface area is 88.0 Å². The average molecular weight is 207 g/mol. The average Bonchev–Trinajstić information content (AvgIpc) is 2.27. The number of urea groups is 1. The van der Waals surface area contributed by atoms with Crippen LogP contribution in [0.15, 0.2) is 29.6 Å². The zero-order valence-electron chi connectivity index (χ0n) is 8.64. The minimum absolute atomic E-state index is 0.336.